The largest absolute Gasteiger partial charge is 0.305 e. The number of nitrogens with two attached hydrogens (primary N) is 1. The average molecular weight is 115 g/mol. The van der Waals surface area contributed by atoms with Gasteiger partial charge < -0.3 is 5.84 Å². The third kappa shape index (κ3) is 3.59. The first kappa shape index (κ1) is 7.40. The molecule has 0 bridgehead atoms. The molecule has 0 aliphatic heterocycles. The van der Waals surface area contributed by atoms with Crippen LogP contribution in [-0.2, 0) is 0 Å². The third-order valence-electron chi connectivity index (χ3n) is 0.970. The minimum Gasteiger partial charge on any atom is -0.305 e. The summed E-state index contributed by atoms with van der Waals surface area (Å²) < 4.78 is 0. The van der Waals surface area contributed by atoms with E-state index in [4.69, 9.17) is 5.84 Å². The highest BCUT2D eigenvalue weighted by molar-refractivity contribution is 4.52. The molecule has 0 aromatic rings. The highest BCUT2D eigenvalue weighted by Crippen LogP contribution is 1.98. The molecule has 0 aromatic heterocycles. The van der Waals surface area contributed by atoms with E-state index in [-0.39, 0.29) is 0 Å². The summed E-state index contributed by atoms with van der Waals surface area (Å²) in [4.78, 5) is 0. The summed E-state index contributed by atoms with van der Waals surface area (Å²) in [6.45, 7) is 4.11. The van der Waals surface area contributed by atoms with Crippen LogP contribution in [0, 0.1) is 0 Å². The predicted molar refractivity (Wildman–Crippen MR) is 33.4 cm³/mol. The summed E-state index contributed by atoms with van der Waals surface area (Å²) >= 11 is 0. The van der Waals surface area contributed by atoms with Crippen molar-refractivity contribution in [2.75, 3.05) is 0 Å². The quantitative estimate of drug-likeness (QED) is 0.338. The zero-order chi connectivity index (χ0) is 6.41. The molecule has 1 unspecified atom stereocenters. The molecule has 0 saturated carbocycles. The Hall–Kier alpha value is -0.600. The summed E-state index contributed by atoms with van der Waals surface area (Å²) in [5, 5.41) is 6.90. The second kappa shape index (κ2) is 4.56. The first-order valence-electron chi connectivity index (χ1n) is 2.91. The van der Waals surface area contributed by atoms with E-state index in [0.717, 1.165) is 12.8 Å². The molecule has 8 heavy (non-hydrogen) atoms. The van der Waals surface area contributed by atoms with Gasteiger partial charge in [-0.25, -0.2) is 0 Å². The lowest BCUT2D eigenvalue weighted by molar-refractivity contribution is 0.617. The van der Waals surface area contributed by atoms with Crippen LogP contribution in [0.1, 0.15) is 26.7 Å². The summed E-state index contributed by atoms with van der Waals surface area (Å²) in [5.41, 5.74) is 0. The molecule has 0 aliphatic carbocycles. The first-order chi connectivity index (χ1) is 3.81. The van der Waals surface area contributed by atoms with Crippen molar-refractivity contribution in [1.82, 2.24) is 0 Å². The van der Waals surface area contributed by atoms with Crippen LogP contribution in [0.15, 0.2) is 10.3 Å². The first-order valence-corrected chi connectivity index (χ1v) is 2.91. The van der Waals surface area contributed by atoms with E-state index in [2.05, 4.69) is 17.3 Å². The number of nitrogens with zero attached hydrogens (tertiary/aromatic N) is 2. The van der Waals surface area contributed by atoms with E-state index in [1.54, 1.807) is 0 Å². The zero-order valence-corrected chi connectivity index (χ0v) is 5.46. The number of hydrogen-bond acceptors (Lipinski definition) is 2. The summed E-state index contributed by atoms with van der Waals surface area (Å²) in [7, 11) is 0. The molecular formula is C5H13N3. The number of rotatable bonds is 3. The lowest BCUT2D eigenvalue weighted by Crippen LogP contribution is -1.95. The van der Waals surface area contributed by atoms with E-state index < -0.39 is 0 Å². The molecule has 3 nitrogen and oxygen atoms in total. The van der Waals surface area contributed by atoms with Gasteiger partial charge in [0.25, 0.3) is 0 Å². The van der Waals surface area contributed by atoms with Gasteiger partial charge in [-0.1, -0.05) is 18.6 Å². The van der Waals surface area contributed by atoms with Gasteiger partial charge in [0.05, 0.1) is 6.04 Å². The van der Waals surface area contributed by atoms with Crippen LogP contribution in [0.25, 0.3) is 0 Å². The van der Waals surface area contributed by atoms with E-state index >= 15 is 0 Å². The maximum absolute atomic E-state index is 4.82. The van der Waals surface area contributed by atoms with Crippen molar-refractivity contribution in [3.63, 3.8) is 0 Å². The van der Waals surface area contributed by atoms with Crippen molar-refractivity contribution in [2.45, 2.75) is 32.7 Å². The standard InChI is InChI=1S/C5H13N3/c1-3-4-5(2)7-8-6/h5H,3-4H2,1-2H3,(H2,6,7). The Kier molecular flexibility index (Phi) is 4.21. The monoisotopic (exact) mass is 115 g/mol. The van der Waals surface area contributed by atoms with Gasteiger partial charge in [0.1, 0.15) is 0 Å². The Bertz CT molecular complexity index is 70.1. The molecule has 2 N–H and O–H groups in total. The fraction of sp³-hybridized carbons (Fsp3) is 1.00. The normalized spacial score (nSPS) is 14.8. The molecule has 0 aromatic carbocycles. The second-order valence-electron chi connectivity index (χ2n) is 1.87. The second-order valence-corrected chi connectivity index (χ2v) is 1.87. The van der Waals surface area contributed by atoms with Crippen molar-refractivity contribution in [3.05, 3.63) is 0 Å². The van der Waals surface area contributed by atoms with E-state index in [1.807, 2.05) is 6.92 Å². The van der Waals surface area contributed by atoms with Gasteiger partial charge in [-0.05, 0) is 13.3 Å². The molecule has 0 spiro atoms. The van der Waals surface area contributed by atoms with Gasteiger partial charge in [-0.2, -0.15) is 5.11 Å². The van der Waals surface area contributed by atoms with Crippen molar-refractivity contribution >= 4 is 0 Å². The summed E-state index contributed by atoms with van der Waals surface area (Å²) in [6, 6.07) is 0.296. The minimum atomic E-state index is 0.296. The Morgan fingerprint density at radius 1 is 1.62 bits per heavy atom. The van der Waals surface area contributed by atoms with Crippen molar-refractivity contribution in [2.24, 2.45) is 16.2 Å². The van der Waals surface area contributed by atoms with Crippen LogP contribution in [0.5, 0.6) is 0 Å². The van der Waals surface area contributed by atoms with E-state index in [9.17, 15) is 0 Å². The van der Waals surface area contributed by atoms with Gasteiger partial charge in [-0.15, -0.1) is 0 Å². The third-order valence-corrected chi connectivity index (χ3v) is 0.970. The fourth-order valence-electron chi connectivity index (χ4n) is 0.589. The van der Waals surface area contributed by atoms with E-state index in [1.165, 1.54) is 0 Å². The molecule has 0 radical (unpaired) electrons. The molecule has 0 heterocycles. The molecule has 0 fully saturated rings. The number of hydrogen-bond donors (Lipinski definition) is 1. The molecule has 0 saturated heterocycles. The molecule has 48 valence electrons. The Labute approximate surface area is 50.0 Å². The maximum atomic E-state index is 4.82. The highest BCUT2D eigenvalue weighted by Gasteiger charge is 1.93. The topological polar surface area (TPSA) is 50.7 Å². The zero-order valence-electron chi connectivity index (χ0n) is 5.46. The van der Waals surface area contributed by atoms with Crippen LogP contribution < -0.4 is 5.84 Å². The maximum Gasteiger partial charge on any atom is 0.0701 e. The molecule has 0 rings (SSSR count). The molecule has 1 atom stereocenters. The Morgan fingerprint density at radius 3 is 2.62 bits per heavy atom. The van der Waals surface area contributed by atoms with Gasteiger partial charge in [0.15, 0.2) is 0 Å². The van der Waals surface area contributed by atoms with Crippen LogP contribution in [0.4, 0.5) is 0 Å². The van der Waals surface area contributed by atoms with Crippen LogP contribution >= 0.6 is 0 Å². The molecule has 0 aliphatic rings. The van der Waals surface area contributed by atoms with Crippen molar-refractivity contribution < 1.29 is 0 Å². The van der Waals surface area contributed by atoms with Crippen LogP contribution in [-0.4, -0.2) is 6.04 Å². The van der Waals surface area contributed by atoms with Crippen LogP contribution in [0.2, 0.25) is 0 Å². The molecular weight excluding hydrogens is 102 g/mol. The van der Waals surface area contributed by atoms with Crippen molar-refractivity contribution in [1.29, 1.82) is 0 Å². The Morgan fingerprint density at radius 2 is 2.25 bits per heavy atom. The van der Waals surface area contributed by atoms with Gasteiger partial charge >= 0.3 is 0 Å². The SMILES string of the molecule is CCCC(C)N=NN. The lowest BCUT2D eigenvalue weighted by Gasteiger charge is -1.97. The van der Waals surface area contributed by atoms with Gasteiger partial charge in [0.2, 0.25) is 0 Å². The predicted octanol–water partition coefficient (Wildman–Crippen LogP) is 1.50. The summed E-state index contributed by atoms with van der Waals surface area (Å²) in [6.07, 6.45) is 2.21. The van der Waals surface area contributed by atoms with Crippen LogP contribution in [0.3, 0.4) is 0 Å². The van der Waals surface area contributed by atoms with Crippen molar-refractivity contribution in [3.8, 4) is 0 Å². The Balaban J connectivity index is 3.17. The fourth-order valence-corrected chi connectivity index (χ4v) is 0.589. The summed E-state index contributed by atoms with van der Waals surface area (Å²) in [5.74, 6) is 4.82. The lowest BCUT2D eigenvalue weighted by atomic mass is 10.2. The molecule has 3 heteroatoms. The smallest absolute Gasteiger partial charge is 0.0701 e. The van der Waals surface area contributed by atoms with Gasteiger partial charge in [0, 0.05) is 0 Å². The van der Waals surface area contributed by atoms with E-state index in [0.29, 0.717) is 6.04 Å². The minimum absolute atomic E-state index is 0.296. The van der Waals surface area contributed by atoms with Gasteiger partial charge in [-0.3, -0.25) is 0 Å². The highest BCUT2D eigenvalue weighted by atomic mass is 15.3. The average Bonchev–Trinajstić information content (AvgIpc) is 1.68. The molecule has 0 amide bonds.